The summed E-state index contributed by atoms with van der Waals surface area (Å²) in [5, 5.41) is 2.91. The molecule has 6 nitrogen and oxygen atoms in total. The zero-order valence-electron chi connectivity index (χ0n) is 16.7. The highest BCUT2D eigenvalue weighted by Crippen LogP contribution is 2.30. The van der Waals surface area contributed by atoms with Crippen LogP contribution in [-0.2, 0) is 14.8 Å². The maximum Gasteiger partial charge on any atom is 0.246 e. The van der Waals surface area contributed by atoms with Crippen molar-refractivity contribution in [3.05, 3.63) is 53.3 Å². The van der Waals surface area contributed by atoms with Crippen molar-refractivity contribution in [3.8, 4) is 5.75 Å². The molecule has 0 saturated carbocycles. The van der Waals surface area contributed by atoms with Crippen LogP contribution >= 0.6 is 0 Å². The van der Waals surface area contributed by atoms with E-state index in [9.17, 15) is 17.6 Å². The summed E-state index contributed by atoms with van der Waals surface area (Å²) in [5.74, 6) is -0.945. The third-order valence-electron chi connectivity index (χ3n) is 5.34. The number of aryl methyl sites for hydroxylation is 2. The zero-order valence-corrected chi connectivity index (χ0v) is 17.6. The summed E-state index contributed by atoms with van der Waals surface area (Å²) in [5.41, 5.74) is 2.97. The first-order chi connectivity index (χ1) is 13.7. The van der Waals surface area contributed by atoms with E-state index in [1.54, 1.807) is 0 Å². The van der Waals surface area contributed by atoms with Gasteiger partial charge < -0.3 is 10.1 Å². The van der Waals surface area contributed by atoms with Crippen LogP contribution < -0.4 is 10.1 Å². The average molecular weight is 421 g/mol. The van der Waals surface area contributed by atoms with Crippen LogP contribution in [0.5, 0.6) is 5.75 Å². The molecule has 1 saturated heterocycles. The normalized spacial score (nSPS) is 15.9. The lowest BCUT2D eigenvalue weighted by Gasteiger charge is -2.31. The number of nitrogens with one attached hydrogen (secondary N) is 1. The molecule has 0 aromatic heterocycles. The van der Waals surface area contributed by atoms with E-state index in [0.29, 0.717) is 12.8 Å². The van der Waals surface area contributed by atoms with Crippen LogP contribution in [0.1, 0.15) is 24.0 Å². The highest BCUT2D eigenvalue weighted by Gasteiger charge is 2.34. The minimum atomic E-state index is -3.91. The van der Waals surface area contributed by atoms with Crippen molar-refractivity contribution in [2.75, 3.05) is 25.5 Å². The van der Waals surface area contributed by atoms with Gasteiger partial charge in [-0.1, -0.05) is 6.07 Å². The average Bonchev–Trinajstić information content (AvgIpc) is 2.70. The third-order valence-corrected chi connectivity index (χ3v) is 7.26. The number of nitrogens with zero attached hydrogens (tertiary/aromatic N) is 1. The first kappa shape index (κ1) is 21.3. The van der Waals surface area contributed by atoms with Crippen LogP contribution in [0.3, 0.4) is 0 Å². The summed E-state index contributed by atoms with van der Waals surface area (Å²) in [6.45, 7) is 4.36. The molecule has 0 bridgehead atoms. The lowest BCUT2D eigenvalue weighted by Crippen LogP contribution is -2.41. The molecule has 1 aliphatic rings. The number of sulfonamides is 1. The fourth-order valence-electron chi connectivity index (χ4n) is 3.41. The number of ether oxygens (including phenoxy) is 1. The molecule has 0 atom stereocenters. The van der Waals surface area contributed by atoms with Crippen LogP contribution in [0, 0.1) is 25.6 Å². The summed E-state index contributed by atoms with van der Waals surface area (Å²) in [6.07, 6.45) is 0.793. The van der Waals surface area contributed by atoms with Crippen molar-refractivity contribution in [3.63, 3.8) is 0 Å². The number of piperidine rings is 1. The van der Waals surface area contributed by atoms with Gasteiger partial charge in [-0.2, -0.15) is 4.31 Å². The van der Waals surface area contributed by atoms with E-state index in [1.807, 2.05) is 32.0 Å². The van der Waals surface area contributed by atoms with E-state index in [-0.39, 0.29) is 35.6 Å². The smallest absolute Gasteiger partial charge is 0.246 e. The Bertz CT molecular complexity index is 1020. The topological polar surface area (TPSA) is 75.7 Å². The maximum absolute atomic E-state index is 13.6. The van der Waals surface area contributed by atoms with Gasteiger partial charge in [-0.15, -0.1) is 0 Å². The number of amides is 1. The molecule has 0 spiro atoms. The summed E-state index contributed by atoms with van der Waals surface area (Å²) >= 11 is 0. The molecule has 2 aromatic carbocycles. The number of methoxy groups -OCH3 is 1. The molecule has 0 unspecified atom stereocenters. The Morgan fingerprint density at radius 2 is 1.79 bits per heavy atom. The van der Waals surface area contributed by atoms with E-state index >= 15 is 0 Å². The fraction of sp³-hybridized carbons (Fsp3) is 0.381. The molecule has 1 heterocycles. The van der Waals surface area contributed by atoms with Crippen molar-refractivity contribution in [1.29, 1.82) is 0 Å². The standard InChI is InChI=1S/C21H25FN2O4S/c1-14-4-6-18(12-15(14)2)23-21(25)16-8-10-24(11-9-16)29(26,27)20-13-17(22)5-7-19(20)28-3/h4-7,12-13,16H,8-11H2,1-3H3,(H,23,25). The zero-order chi connectivity index (χ0) is 21.2. The van der Waals surface area contributed by atoms with E-state index in [0.717, 1.165) is 28.9 Å². The van der Waals surface area contributed by atoms with Crippen LogP contribution in [0.4, 0.5) is 10.1 Å². The number of anilines is 1. The number of hydrogen-bond acceptors (Lipinski definition) is 4. The molecule has 8 heteroatoms. The molecule has 1 N–H and O–H groups in total. The van der Waals surface area contributed by atoms with Gasteiger partial charge in [0.15, 0.2) is 0 Å². The SMILES string of the molecule is COc1ccc(F)cc1S(=O)(=O)N1CCC(C(=O)Nc2ccc(C)c(C)c2)CC1. The van der Waals surface area contributed by atoms with Gasteiger partial charge in [0, 0.05) is 24.7 Å². The highest BCUT2D eigenvalue weighted by molar-refractivity contribution is 7.89. The van der Waals surface area contributed by atoms with Gasteiger partial charge in [-0.05, 0) is 68.1 Å². The van der Waals surface area contributed by atoms with Gasteiger partial charge >= 0.3 is 0 Å². The molecule has 29 heavy (non-hydrogen) atoms. The first-order valence-corrected chi connectivity index (χ1v) is 10.9. The summed E-state index contributed by atoms with van der Waals surface area (Å²) in [4.78, 5) is 12.4. The Kier molecular flexibility index (Phi) is 6.24. The second-order valence-electron chi connectivity index (χ2n) is 7.26. The second kappa shape index (κ2) is 8.51. The van der Waals surface area contributed by atoms with Crippen molar-refractivity contribution in [2.24, 2.45) is 5.92 Å². The third kappa shape index (κ3) is 4.59. The maximum atomic E-state index is 13.6. The molecule has 1 fully saturated rings. The molecule has 1 amide bonds. The number of hydrogen-bond donors (Lipinski definition) is 1. The number of carbonyl (C=O) groups is 1. The summed E-state index contributed by atoms with van der Waals surface area (Å²) in [6, 6.07) is 9.14. The van der Waals surface area contributed by atoms with Gasteiger partial charge in [0.2, 0.25) is 15.9 Å². The summed E-state index contributed by atoms with van der Waals surface area (Å²) < 4.78 is 45.9. The van der Waals surface area contributed by atoms with Crippen molar-refractivity contribution in [1.82, 2.24) is 4.31 Å². The molecule has 0 radical (unpaired) electrons. The van der Waals surface area contributed by atoms with Crippen molar-refractivity contribution >= 4 is 21.6 Å². The Morgan fingerprint density at radius 3 is 2.41 bits per heavy atom. The molecule has 156 valence electrons. The van der Waals surface area contributed by atoms with E-state index in [4.69, 9.17) is 4.74 Å². The Morgan fingerprint density at radius 1 is 1.10 bits per heavy atom. The van der Waals surface area contributed by atoms with Crippen LogP contribution in [0.25, 0.3) is 0 Å². The van der Waals surface area contributed by atoms with Crippen LogP contribution in [0.15, 0.2) is 41.3 Å². The Hall–Kier alpha value is -2.45. The molecular formula is C21H25FN2O4S. The predicted molar refractivity (Wildman–Crippen MR) is 109 cm³/mol. The minimum absolute atomic E-state index is 0.0982. The quantitative estimate of drug-likeness (QED) is 0.803. The van der Waals surface area contributed by atoms with Gasteiger partial charge in [0.25, 0.3) is 0 Å². The predicted octanol–water partition coefficient (Wildman–Crippen LogP) is 3.49. The van der Waals surface area contributed by atoms with E-state index < -0.39 is 15.8 Å². The van der Waals surface area contributed by atoms with Crippen molar-refractivity contribution < 1.29 is 22.3 Å². The lowest BCUT2D eigenvalue weighted by atomic mass is 9.97. The van der Waals surface area contributed by atoms with E-state index in [2.05, 4.69) is 5.32 Å². The number of halogens is 1. The van der Waals surface area contributed by atoms with Crippen molar-refractivity contribution in [2.45, 2.75) is 31.6 Å². The van der Waals surface area contributed by atoms with Gasteiger partial charge in [0.1, 0.15) is 16.5 Å². The molecule has 2 aromatic rings. The number of rotatable bonds is 5. The fourth-order valence-corrected chi connectivity index (χ4v) is 5.05. The van der Waals surface area contributed by atoms with Gasteiger partial charge in [0.05, 0.1) is 7.11 Å². The van der Waals surface area contributed by atoms with Crippen LogP contribution in [0.2, 0.25) is 0 Å². The Balaban J connectivity index is 1.67. The largest absolute Gasteiger partial charge is 0.495 e. The second-order valence-corrected chi connectivity index (χ2v) is 9.17. The first-order valence-electron chi connectivity index (χ1n) is 9.44. The minimum Gasteiger partial charge on any atom is -0.495 e. The molecule has 3 rings (SSSR count). The van der Waals surface area contributed by atoms with Gasteiger partial charge in [-0.25, -0.2) is 12.8 Å². The monoisotopic (exact) mass is 420 g/mol. The number of benzene rings is 2. The summed E-state index contributed by atoms with van der Waals surface area (Å²) in [7, 11) is -2.57. The lowest BCUT2D eigenvalue weighted by molar-refractivity contribution is -0.120. The van der Waals surface area contributed by atoms with Crippen LogP contribution in [-0.4, -0.2) is 38.8 Å². The number of carbonyl (C=O) groups excluding carboxylic acids is 1. The van der Waals surface area contributed by atoms with E-state index in [1.165, 1.54) is 17.5 Å². The molecular weight excluding hydrogens is 395 g/mol. The molecule has 0 aliphatic carbocycles. The van der Waals surface area contributed by atoms with Gasteiger partial charge in [-0.3, -0.25) is 4.79 Å². The highest BCUT2D eigenvalue weighted by atomic mass is 32.2. The Labute approximate surface area is 170 Å². The molecule has 1 aliphatic heterocycles.